The van der Waals surface area contributed by atoms with E-state index in [2.05, 4.69) is 9.97 Å². The van der Waals surface area contributed by atoms with Crippen molar-refractivity contribution in [3.63, 3.8) is 0 Å². The zero-order valence-electron chi connectivity index (χ0n) is 7.47. The Morgan fingerprint density at radius 3 is 2.69 bits per heavy atom. The first-order valence-corrected chi connectivity index (χ1v) is 4.34. The maximum absolute atomic E-state index is 10.4. The number of aliphatic carboxylic acids is 1. The number of nitrogens with one attached hydrogen (secondary N) is 1. The van der Waals surface area contributed by atoms with E-state index in [9.17, 15) is 4.79 Å². The molecule has 0 bridgehead atoms. The maximum Gasteiger partial charge on any atom is 0.309 e. The normalized spacial score (nSPS) is 10.8. The number of nitrogens with zero attached hydrogens (tertiary/aromatic N) is 1. The van der Waals surface area contributed by atoms with Crippen LogP contribution in [-0.2, 0) is 11.2 Å². The van der Waals surface area contributed by atoms with Crippen molar-refractivity contribution in [1.82, 2.24) is 9.97 Å². The SMILES string of the molecule is CC(C)c1nc(Cl)c(CC(=O)O)[nH]1. The Labute approximate surface area is 80.9 Å². The molecule has 5 heteroatoms. The lowest BCUT2D eigenvalue weighted by Gasteiger charge is -1.96. The van der Waals surface area contributed by atoms with E-state index in [0.717, 1.165) is 5.82 Å². The quantitative estimate of drug-likeness (QED) is 0.786. The third kappa shape index (κ3) is 2.45. The average Bonchev–Trinajstić information content (AvgIpc) is 2.31. The second kappa shape index (κ2) is 3.79. The van der Waals surface area contributed by atoms with Crippen molar-refractivity contribution in [2.45, 2.75) is 26.2 Å². The van der Waals surface area contributed by atoms with Crippen molar-refractivity contribution in [3.8, 4) is 0 Å². The molecular weight excluding hydrogens is 192 g/mol. The second-order valence-corrected chi connectivity index (χ2v) is 3.47. The molecule has 0 radical (unpaired) electrons. The number of H-pyrrole nitrogens is 1. The lowest BCUT2D eigenvalue weighted by Crippen LogP contribution is -2.01. The van der Waals surface area contributed by atoms with E-state index in [1.165, 1.54) is 0 Å². The molecule has 0 aliphatic heterocycles. The summed E-state index contributed by atoms with van der Waals surface area (Å²) < 4.78 is 0. The van der Waals surface area contributed by atoms with Gasteiger partial charge in [0.1, 0.15) is 5.82 Å². The fraction of sp³-hybridized carbons (Fsp3) is 0.500. The standard InChI is InChI=1S/C8H11ClN2O2/c1-4(2)8-10-5(3-6(12)13)7(9)11-8/h4H,3H2,1-2H3,(H,10,11)(H,12,13). The highest BCUT2D eigenvalue weighted by atomic mass is 35.5. The van der Waals surface area contributed by atoms with E-state index < -0.39 is 5.97 Å². The van der Waals surface area contributed by atoms with Crippen LogP contribution in [0.3, 0.4) is 0 Å². The van der Waals surface area contributed by atoms with E-state index in [-0.39, 0.29) is 17.5 Å². The third-order valence-electron chi connectivity index (χ3n) is 1.62. The number of carboxylic acid groups (broad SMARTS) is 1. The molecule has 1 aromatic heterocycles. The lowest BCUT2D eigenvalue weighted by atomic mass is 10.2. The first-order chi connectivity index (χ1) is 6.00. The average molecular weight is 203 g/mol. The van der Waals surface area contributed by atoms with Gasteiger partial charge in [0, 0.05) is 5.92 Å². The number of imidazole rings is 1. The highest BCUT2D eigenvalue weighted by Crippen LogP contribution is 2.18. The van der Waals surface area contributed by atoms with Crippen LogP contribution < -0.4 is 0 Å². The summed E-state index contributed by atoms with van der Waals surface area (Å²) in [6.45, 7) is 3.92. The first kappa shape index (κ1) is 10.1. The molecule has 2 N–H and O–H groups in total. The minimum Gasteiger partial charge on any atom is -0.481 e. The summed E-state index contributed by atoms with van der Waals surface area (Å²) in [5, 5.41) is 8.79. The van der Waals surface area contributed by atoms with Gasteiger partial charge in [-0.25, -0.2) is 4.98 Å². The van der Waals surface area contributed by atoms with Crippen molar-refractivity contribution < 1.29 is 9.90 Å². The molecular formula is C8H11ClN2O2. The minimum absolute atomic E-state index is 0.113. The molecule has 1 heterocycles. The zero-order chi connectivity index (χ0) is 10.0. The van der Waals surface area contributed by atoms with E-state index in [1.54, 1.807) is 0 Å². The van der Waals surface area contributed by atoms with Gasteiger partial charge < -0.3 is 10.1 Å². The van der Waals surface area contributed by atoms with Gasteiger partial charge in [0.05, 0.1) is 12.1 Å². The van der Waals surface area contributed by atoms with Crippen molar-refractivity contribution in [2.24, 2.45) is 0 Å². The van der Waals surface area contributed by atoms with Gasteiger partial charge in [-0.1, -0.05) is 25.4 Å². The zero-order valence-corrected chi connectivity index (χ0v) is 8.22. The number of carbonyl (C=O) groups is 1. The Morgan fingerprint density at radius 1 is 1.69 bits per heavy atom. The van der Waals surface area contributed by atoms with E-state index >= 15 is 0 Å². The Bertz CT molecular complexity index is 320. The van der Waals surface area contributed by atoms with E-state index in [0.29, 0.717) is 5.69 Å². The number of carboxylic acids is 1. The van der Waals surface area contributed by atoms with Crippen LogP contribution in [-0.4, -0.2) is 21.0 Å². The second-order valence-electron chi connectivity index (χ2n) is 3.12. The first-order valence-electron chi connectivity index (χ1n) is 3.96. The minimum atomic E-state index is -0.916. The molecule has 0 saturated carbocycles. The molecule has 1 rings (SSSR count). The highest BCUT2D eigenvalue weighted by molar-refractivity contribution is 6.30. The van der Waals surface area contributed by atoms with Crippen LogP contribution in [0.1, 0.15) is 31.3 Å². The van der Waals surface area contributed by atoms with Gasteiger partial charge in [-0.2, -0.15) is 0 Å². The highest BCUT2D eigenvalue weighted by Gasteiger charge is 2.12. The van der Waals surface area contributed by atoms with Crippen LogP contribution >= 0.6 is 11.6 Å². The third-order valence-corrected chi connectivity index (χ3v) is 1.93. The van der Waals surface area contributed by atoms with Crippen LogP contribution in [0.15, 0.2) is 0 Å². The molecule has 0 aliphatic rings. The molecule has 0 aliphatic carbocycles. The summed E-state index contributed by atoms with van der Waals surface area (Å²) in [5.41, 5.74) is 0.470. The molecule has 13 heavy (non-hydrogen) atoms. The summed E-state index contributed by atoms with van der Waals surface area (Å²) in [7, 11) is 0. The van der Waals surface area contributed by atoms with Gasteiger partial charge in [0.25, 0.3) is 0 Å². The summed E-state index contributed by atoms with van der Waals surface area (Å²) in [6, 6.07) is 0. The van der Waals surface area contributed by atoms with Gasteiger partial charge in [0.15, 0.2) is 5.15 Å². The summed E-state index contributed by atoms with van der Waals surface area (Å²) >= 11 is 5.73. The number of rotatable bonds is 3. The molecule has 0 saturated heterocycles. The number of hydrogen-bond acceptors (Lipinski definition) is 2. The Kier molecular flexibility index (Phi) is 2.93. The van der Waals surface area contributed by atoms with Crippen LogP contribution in [0.2, 0.25) is 5.15 Å². The summed E-state index contributed by atoms with van der Waals surface area (Å²) in [4.78, 5) is 17.3. The monoisotopic (exact) mass is 202 g/mol. The Morgan fingerprint density at radius 2 is 2.31 bits per heavy atom. The van der Waals surface area contributed by atoms with Crippen LogP contribution in [0.5, 0.6) is 0 Å². The number of aromatic amines is 1. The number of aromatic nitrogens is 2. The van der Waals surface area contributed by atoms with Crippen LogP contribution in [0.4, 0.5) is 0 Å². The molecule has 4 nitrogen and oxygen atoms in total. The maximum atomic E-state index is 10.4. The van der Waals surface area contributed by atoms with E-state index in [4.69, 9.17) is 16.7 Å². The molecule has 0 amide bonds. The smallest absolute Gasteiger partial charge is 0.309 e. The van der Waals surface area contributed by atoms with Gasteiger partial charge in [0.2, 0.25) is 0 Å². The van der Waals surface area contributed by atoms with Crippen molar-refractivity contribution in [3.05, 3.63) is 16.7 Å². The largest absolute Gasteiger partial charge is 0.481 e. The Balaban J connectivity index is 2.89. The fourth-order valence-corrected chi connectivity index (χ4v) is 1.15. The summed E-state index contributed by atoms with van der Waals surface area (Å²) in [5.74, 6) is 0.0298. The molecule has 0 fully saturated rings. The van der Waals surface area contributed by atoms with E-state index in [1.807, 2.05) is 13.8 Å². The topological polar surface area (TPSA) is 66.0 Å². The number of hydrogen-bond donors (Lipinski definition) is 2. The molecule has 0 atom stereocenters. The molecule has 0 aromatic carbocycles. The van der Waals surface area contributed by atoms with Gasteiger partial charge in [-0.3, -0.25) is 4.79 Å². The molecule has 72 valence electrons. The van der Waals surface area contributed by atoms with Crippen molar-refractivity contribution in [1.29, 1.82) is 0 Å². The number of halogens is 1. The fourth-order valence-electron chi connectivity index (χ4n) is 0.949. The Hall–Kier alpha value is -1.03. The van der Waals surface area contributed by atoms with Crippen LogP contribution in [0, 0.1) is 0 Å². The molecule has 1 aromatic rings. The lowest BCUT2D eigenvalue weighted by molar-refractivity contribution is -0.136. The van der Waals surface area contributed by atoms with Gasteiger partial charge >= 0.3 is 5.97 Å². The predicted molar refractivity (Wildman–Crippen MR) is 49.0 cm³/mol. The van der Waals surface area contributed by atoms with Crippen molar-refractivity contribution >= 4 is 17.6 Å². The molecule has 0 unspecified atom stereocenters. The van der Waals surface area contributed by atoms with Gasteiger partial charge in [-0.15, -0.1) is 0 Å². The predicted octanol–water partition coefficient (Wildman–Crippen LogP) is 1.81. The van der Waals surface area contributed by atoms with Crippen LogP contribution in [0.25, 0.3) is 0 Å². The van der Waals surface area contributed by atoms with Crippen molar-refractivity contribution in [2.75, 3.05) is 0 Å². The van der Waals surface area contributed by atoms with Gasteiger partial charge in [-0.05, 0) is 0 Å². The summed E-state index contributed by atoms with van der Waals surface area (Å²) in [6.07, 6.45) is -0.113. The molecule has 0 spiro atoms.